The molecule has 174 valence electrons. The number of rotatable bonds is 7. The van der Waals surface area contributed by atoms with Gasteiger partial charge in [0.05, 0.1) is 37.8 Å². The molecule has 1 fully saturated rings. The number of benzene rings is 2. The van der Waals surface area contributed by atoms with Crippen molar-refractivity contribution < 1.29 is 23.4 Å². The fraction of sp³-hybridized carbons (Fsp3) is 0.348. The smallest absolute Gasteiger partial charge is 0.332 e. The molecule has 1 N–H and O–H groups in total. The van der Waals surface area contributed by atoms with Crippen LogP contribution in [0.5, 0.6) is 11.5 Å². The van der Waals surface area contributed by atoms with Crippen LogP contribution in [0.1, 0.15) is 12.8 Å². The number of methoxy groups -OCH3 is 2. The number of nitrogens with one attached hydrogen (secondary N) is 1. The lowest BCUT2D eigenvalue weighted by Gasteiger charge is -2.18. The Morgan fingerprint density at radius 3 is 2.45 bits per heavy atom. The normalized spacial score (nSPS) is 15.5. The van der Waals surface area contributed by atoms with Crippen LogP contribution in [0.15, 0.2) is 46.0 Å². The molecule has 0 bridgehead atoms. The summed E-state index contributed by atoms with van der Waals surface area (Å²) in [7, 11) is 2.88. The second-order valence-electron chi connectivity index (χ2n) is 7.70. The van der Waals surface area contributed by atoms with Crippen molar-refractivity contribution in [1.82, 2.24) is 9.13 Å². The minimum atomic E-state index is -0.635. The third kappa shape index (κ3) is 4.61. The number of amides is 1. The molecule has 0 spiro atoms. The van der Waals surface area contributed by atoms with Crippen molar-refractivity contribution in [3.63, 3.8) is 0 Å². The average Bonchev–Trinajstić information content (AvgIpc) is 3.33. The minimum Gasteiger partial charge on any atom is -0.493 e. The molecule has 1 aliphatic rings. The van der Waals surface area contributed by atoms with Crippen LogP contribution in [0.2, 0.25) is 0 Å². The molecule has 9 nitrogen and oxygen atoms in total. The van der Waals surface area contributed by atoms with Gasteiger partial charge in [-0.25, -0.2) is 9.18 Å². The Balaban J connectivity index is 1.80. The molecule has 3 aromatic rings. The quantitative estimate of drug-likeness (QED) is 0.584. The number of aromatic nitrogens is 2. The van der Waals surface area contributed by atoms with Crippen molar-refractivity contribution in [3.05, 3.63) is 63.1 Å². The first kappa shape index (κ1) is 22.5. The highest BCUT2D eigenvalue weighted by Crippen LogP contribution is 2.30. The van der Waals surface area contributed by atoms with Gasteiger partial charge < -0.3 is 19.5 Å². The van der Waals surface area contributed by atoms with Gasteiger partial charge in [-0.1, -0.05) is 0 Å². The first-order valence-corrected chi connectivity index (χ1v) is 10.5. The number of ether oxygens (including phenoxy) is 3. The summed E-state index contributed by atoms with van der Waals surface area (Å²) in [6.45, 7) is 0.293. The third-order valence-electron chi connectivity index (χ3n) is 5.57. The summed E-state index contributed by atoms with van der Waals surface area (Å²) in [5.41, 5.74) is -0.516. The maximum Gasteiger partial charge on any atom is 0.332 e. The fourth-order valence-electron chi connectivity index (χ4n) is 3.93. The molecule has 1 atom stereocenters. The summed E-state index contributed by atoms with van der Waals surface area (Å²) in [4.78, 5) is 39.3. The van der Waals surface area contributed by atoms with E-state index in [4.69, 9.17) is 14.2 Å². The summed E-state index contributed by atoms with van der Waals surface area (Å²) in [5.74, 6) is -0.306. The monoisotopic (exact) mass is 457 g/mol. The first-order chi connectivity index (χ1) is 15.9. The van der Waals surface area contributed by atoms with Gasteiger partial charge in [0.1, 0.15) is 12.4 Å². The number of anilines is 1. The SMILES string of the molecule is COc1cc2c(=O)n(CC3CCCO3)c(=O)n(CC(=O)Nc3ccc(F)cc3)c2cc1OC. The molecule has 0 aliphatic carbocycles. The van der Waals surface area contributed by atoms with Gasteiger partial charge in [0, 0.05) is 18.4 Å². The molecule has 1 amide bonds. The minimum absolute atomic E-state index is 0.0849. The highest BCUT2D eigenvalue weighted by molar-refractivity contribution is 5.92. The summed E-state index contributed by atoms with van der Waals surface area (Å²) in [6, 6.07) is 8.27. The van der Waals surface area contributed by atoms with Gasteiger partial charge in [-0.3, -0.25) is 18.7 Å². The maximum absolute atomic E-state index is 13.3. The lowest BCUT2D eigenvalue weighted by molar-refractivity contribution is -0.116. The topological polar surface area (TPSA) is 101 Å². The van der Waals surface area contributed by atoms with Gasteiger partial charge in [0.15, 0.2) is 11.5 Å². The van der Waals surface area contributed by atoms with E-state index in [1.807, 2.05) is 0 Å². The molecule has 4 rings (SSSR count). The lowest BCUT2D eigenvalue weighted by atomic mass is 10.2. The lowest BCUT2D eigenvalue weighted by Crippen LogP contribution is -2.43. The Bertz CT molecular complexity index is 1290. The number of nitrogens with zero attached hydrogens (tertiary/aromatic N) is 2. The van der Waals surface area contributed by atoms with Gasteiger partial charge >= 0.3 is 5.69 Å². The Kier molecular flexibility index (Phi) is 6.45. The van der Waals surface area contributed by atoms with Crippen molar-refractivity contribution in [2.75, 3.05) is 26.1 Å². The van der Waals surface area contributed by atoms with Gasteiger partial charge in [-0.05, 0) is 43.2 Å². The van der Waals surface area contributed by atoms with Crippen LogP contribution >= 0.6 is 0 Å². The second-order valence-corrected chi connectivity index (χ2v) is 7.70. The number of carbonyl (C=O) groups is 1. The van der Waals surface area contributed by atoms with E-state index in [2.05, 4.69) is 5.32 Å². The predicted molar refractivity (Wildman–Crippen MR) is 120 cm³/mol. The van der Waals surface area contributed by atoms with E-state index < -0.39 is 23.0 Å². The van der Waals surface area contributed by atoms with Crippen molar-refractivity contribution in [1.29, 1.82) is 0 Å². The van der Waals surface area contributed by atoms with Crippen LogP contribution in [-0.4, -0.2) is 42.0 Å². The van der Waals surface area contributed by atoms with E-state index in [1.165, 1.54) is 55.2 Å². The highest BCUT2D eigenvalue weighted by atomic mass is 19.1. The zero-order chi connectivity index (χ0) is 23.5. The van der Waals surface area contributed by atoms with Gasteiger partial charge in [0.2, 0.25) is 5.91 Å². The number of carbonyl (C=O) groups excluding carboxylic acids is 1. The standard InChI is InChI=1S/C23H24FN3O6/c1-31-19-10-17-18(11-20(19)32-2)26(13-21(28)25-15-7-5-14(24)6-8-15)23(30)27(22(17)29)12-16-4-3-9-33-16/h5-8,10-11,16H,3-4,9,12-13H2,1-2H3,(H,25,28). The van der Waals surface area contributed by atoms with Crippen LogP contribution in [0.25, 0.3) is 10.9 Å². The van der Waals surface area contributed by atoms with Crippen molar-refractivity contribution in [2.45, 2.75) is 32.0 Å². The van der Waals surface area contributed by atoms with Crippen molar-refractivity contribution in [2.24, 2.45) is 0 Å². The number of fused-ring (bicyclic) bond motifs is 1. The van der Waals surface area contributed by atoms with Crippen LogP contribution in [0.3, 0.4) is 0 Å². The second kappa shape index (κ2) is 9.45. The predicted octanol–water partition coefficient (Wildman–Crippen LogP) is 2.14. The molecule has 2 heterocycles. The van der Waals surface area contributed by atoms with E-state index in [0.29, 0.717) is 23.8 Å². The van der Waals surface area contributed by atoms with E-state index in [0.717, 1.165) is 17.4 Å². The summed E-state index contributed by atoms with van der Waals surface area (Å²) >= 11 is 0. The van der Waals surface area contributed by atoms with Crippen LogP contribution in [-0.2, 0) is 22.6 Å². The van der Waals surface area contributed by atoms with Gasteiger partial charge in [0.25, 0.3) is 5.56 Å². The molecular formula is C23H24FN3O6. The molecule has 2 aromatic carbocycles. The third-order valence-corrected chi connectivity index (χ3v) is 5.57. The molecule has 1 unspecified atom stereocenters. The van der Waals surface area contributed by atoms with Crippen LogP contribution < -0.4 is 26.0 Å². The van der Waals surface area contributed by atoms with Gasteiger partial charge in [-0.2, -0.15) is 0 Å². The molecule has 0 saturated carbocycles. The molecule has 0 radical (unpaired) electrons. The zero-order valence-corrected chi connectivity index (χ0v) is 18.3. The molecule has 33 heavy (non-hydrogen) atoms. The van der Waals surface area contributed by atoms with Crippen LogP contribution in [0, 0.1) is 5.82 Å². The van der Waals surface area contributed by atoms with Crippen molar-refractivity contribution >= 4 is 22.5 Å². The molecule has 1 aromatic heterocycles. The number of halogens is 1. The number of hydrogen-bond donors (Lipinski definition) is 1. The summed E-state index contributed by atoms with van der Waals surface area (Å²) in [5, 5.41) is 2.84. The highest BCUT2D eigenvalue weighted by Gasteiger charge is 2.23. The Morgan fingerprint density at radius 1 is 1.12 bits per heavy atom. The summed E-state index contributed by atoms with van der Waals surface area (Å²) in [6.07, 6.45) is 1.34. The Morgan fingerprint density at radius 2 is 1.82 bits per heavy atom. The van der Waals surface area contributed by atoms with E-state index in [1.54, 1.807) is 0 Å². The molecule has 10 heteroatoms. The number of hydrogen-bond acceptors (Lipinski definition) is 6. The molecule has 1 aliphatic heterocycles. The zero-order valence-electron chi connectivity index (χ0n) is 18.3. The van der Waals surface area contributed by atoms with E-state index in [-0.39, 0.29) is 30.1 Å². The Hall–Kier alpha value is -3.66. The van der Waals surface area contributed by atoms with E-state index >= 15 is 0 Å². The Labute approximate surface area is 188 Å². The molecular weight excluding hydrogens is 433 g/mol. The largest absolute Gasteiger partial charge is 0.493 e. The van der Waals surface area contributed by atoms with Crippen molar-refractivity contribution in [3.8, 4) is 11.5 Å². The molecule has 1 saturated heterocycles. The maximum atomic E-state index is 13.3. The van der Waals surface area contributed by atoms with Crippen LogP contribution in [0.4, 0.5) is 10.1 Å². The van der Waals surface area contributed by atoms with E-state index in [9.17, 15) is 18.8 Å². The average molecular weight is 457 g/mol. The summed E-state index contributed by atoms with van der Waals surface area (Å²) < 4.78 is 31.7. The fourth-order valence-corrected chi connectivity index (χ4v) is 3.93. The first-order valence-electron chi connectivity index (χ1n) is 10.5. The van der Waals surface area contributed by atoms with Gasteiger partial charge in [-0.15, -0.1) is 0 Å².